The first-order valence-electron chi connectivity index (χ1n) is 8.97. The average Bonchev–Trinajstić information content (AvgIpc) is 3.06. The predicted molar refractivity (Wildman–Crippen MR) is 94.7 cm³/mol. The first kappa shape index (κ1) is 18.0. The van der Waals surface area contributed by atoms with Crippen molar-refractivity contribution in [2.75, 3.05) is 13.2 Å². The third-order valence-electron chi connectivity index (χ3n) is 5.12. The van der Waals surface area contributed by atoms with Gasteiger partial charge in [0.15, 0.2) is 5.78 Å². The fourth-order valence-corrected chi connectivity index (χ4v) is 3.78. The molecule has 0 saturated carbocycles. The number of ether oxygens (including phenoxy) is 1. The molecule has 1 aromatic heterocycles. The van der Waals surface area contributed by atoms with Gasteiger partial charge in [0.25, 0.3) is 0 Å². The van der Waals surface area contributed by atoms with Crippen molar-refractivity contribution in [2.24, 2.45) is 4.99 Å². The van der Waals surface area contributed by atoms with E-state index >= 15 is 0 Å². The Labute approximate surface area is 154 Å². The Kier molecular flexibility index (Phi) is 4.63. The molecule has 0 radical (unpaired) electrons. The highest BCUT2D eigenvalue weighted by Crippen LogP contribution is 2.36. The minimum Gasteiger partial charge on any atom is -0.381 e. The lowest BCUT2D eigenvalue weighted by molar-refractivity contribution is -0.138. The van der Waals surface area contributed by atoms with Gasteiger partial charge in [-0.1, -0.05) is 18.2 Å². The van der Waals surface area contributed by atoms with Crippen LogP contribution >= 0.6 is 0 Å². The monoisotopic (exact) mass is 376 g/mol. The molecule has 2 aliphatic rings. The van der Waals surface area contributed by atoms with E-state index in [1.54, 1.807) is 12.1 Å². The largest absolute Gasteiger partial charge is 0.416 e. The number of aromatic nitrogens is 1. The number of halogens is 3. The van der Waals surface area contributed by atoms with E-state index in [1.807, 2.05) is 10.8 Å². The number of hydrogen-bond donors (Lipinski definition) is 0. The number of nitrogens with zero attached hydrogens (tertiary/aromatic N) is 2. The summed E-state index contributed by atoms with van der Waals surface area (Å²) in [6, 6.07) is 7.41. The number of Topliss-reactive ketones (excluding diaryl/α,β-unsaturated/α-hetero) is 1. The van der Waals surface area contributed by atoms with E-state index in [4.69, 9.17) is 4.74 Å². The van der Waals surface area contributed by atoms with Gasteiger partial charge in [-0.3, -0.25) is 4.79 Å². The van der Waals surface area contributed by atoms with Crippen molar-refractivity contribution in [3.63, 3.8) is 0 Å². The highest BCUT2D eigenvalue weighted by molar-refractivity contribution is 6.15. The Morgan fingerprint density at radius 2 is 1.89 bits per heavy atom. The molecule has 7 heteroatoms. The number of fused-ring (bicyclic) bond motifs is 1. The van der Waals surface area contributed by atoms with Gasteiger partial charge in [0.05, 0.1) is 17.5 Å². The molecule has 2 aromatic rings. The molecule has 0 unspecified atom stereocenters. The van der Waals surface area contributed by atoms with E-state index in [0.29, 0.717) is 30.3 Å². The fourth-order valence-electron chi connectivity index (χ4n) is 3.78. The molecule has 0 aliphatic carbocycles. The van der Waals surface area contributed by atoms with Gasteiger partial charge in [-0.05, 0) is 30.5 Å². The Balaban J connectivity index is 1.67. The van der Waals surface area contributed by atoms with Crippen molar-refractivity contribution in [3.8, 4) is 0 Å². The normalized spacial score (nSPS) is 18.3. The predicted octanol–water partition coefficient (Wildman–Crippen LogP) is 4.76. The van der Waals surface area contributed by atoms with Crippen molar-refractivity contribution in [3.05, 3.63) is 53.2 Å². The molecule has 3 heterocycles. The second kappa shape index (κ2) is 6.96. The Bertz CT molecular complexity index is 893. The van der Waals surface area contributed by atoms with Gasteiger partial charge in [-0.15, -0.1) is 0 Å². The molecule has 0 N–H and O–H groups in total. The Hall–Kier alpha value is -2.41. The first-order chi connectivity index (χ1) is 12.9. The summed E-state index contributed by atoms with van der Waals surface area (Å²) in [5.41, 5.74) is 0.487. The van der Waals surface area contributed by atoms with Gasteiger partial charge >= 0.3 is 6.18 Å². The molecule has 4 nitrogen and oxygen atoms in total. The number of carbonyl (C=O) groups is 1. The van der Waals surface area contributed by atoms with Crippen LogP contribution in [-0.4, -0.2) is 29.3 Å². The molecule has 1 fully saturated rings. The zero-order chi connectivity index (χ0) is 19.0. The maximum Gasteiger partial charge on any atom is 0.416 e. The number of rotatable bonds is 3. The van der Waals surface area contributed by atoms with Gasteiger partial charge in [-0.25, -0.2) is 4.99 Å². The van der Waals surface area contributed by atoms with Gasteiger partial charge in [0.1, 0.15) is 5.82 Å². The van der Waals surface area contributed by atoms with E-state index in [0.717, 1.165) is 18.9 Å². The van der Waals surface area contributed by atoms with Gasteiger partial charge in [-0.2, -0.15) is 13.2 Å². The number of carbonyl (C=O) groups excluding carboxylic acids is 1. The molecule has 1 aromatic carbocycles. The fraction of sp³-hybridized carbons (Fsp3) is 0.400. The molecular weight excluding hydrogens is 357 g/mol. The average molecular weight is 376 g/mol. The molecule has 4 rings (SSSR count). The van der Waals surface area contributed by atoms with Crippen LogP contribution in [0.3, 0.4) is 0 Å². The van der Waals surface area contributed by atoms with Crippen LogP contribution in [-0.2, 0) is 17.3 Å². The van der Waals surface area contributed by atoms with Crippen LogP contribution in [0.4, 0.5) is 19.0 Å². The number of aliphatic imine (C=N–C) groups is 1. The van der Waals surface area contributed by atoms with E-state index in [-0.39, 0.29) is 30.2 Å². The maximum atomic E-state index is 13.3. The van der Waals surface area contributed by atoms with Crippen LogP contribution in [0, 0.1) is 0 Å². The summed E-state index contributed by atoms with van der Waals surface area (Å²) in [4.78, 5) is 17.1. The van der Waals surface area contributed by atoms with Gasteiger partial charge in [0, 0.05) is 37.6 Å². The summed E-state index contributed by atoms with van der Waals surface area (Å²) in [6.07, 6.45) is -0.844. The van der Waals surface area contributed by atoms with Crippen LogP contribution in [0.2, 0.25) is 0 Å². The zero-order valence-corrected chi connectivity index (χ0v) is 14.6. The Morgan fingerprint density at radius 1 is 1.15 bits per heavy atom. The van der Waals surface area contributed by atoms with E-state index in [2.05, 4.69) is 4.99 Å². The number of hydrogen-bond acceptors (Lipinski definition) is 3. The number of benzene rings is 1. The van der Waals surface area contributed by atoms with Gasteiger partial charge in [0.2, 0.25) is 0 Å². The molecule has 2 aliphatic heterocycles. The van der Waals surface area contributed by atoms with Crippen molar-refractivity contribution < 1.29 is 22.7 Å². The lowest BCUT2D eigenvalue weighted by atomic mass is 9.96. The molecule has 1 saturated heterocycles. The van der Waals surface area contributed by atoms with Crippen molar-refractivity contribution in [2.45, 2.75) is 37.9 Å². The summed E-state index contributed by atoms with van der Waals surface area (Å²) >= 11 is 0. The highest BCUT2D eigenvalue weighted by atomic mass is 19.4. The molecular formula is C20H19F3N2O2. The second-order valence-electron chi connectivity index (χ2n) is 6.91. The summed E-state index contributed by atoms with van der Waals surface area (Å²) < 4.78 is 47.1. The van der Waals surface area contributed by atoms with E-state index < -0.39 is 11.7 Å². The molecule has 0 amide bonds. The minimum atomic E-state index is -4.43. The molecule has 142 valence electrons. The smallest absolute Gasteiger partial charge is 0.381 e. The minimum absolute atomic E-state index is 0.0137. The SMILES string of the molecule is O=C1CC(Cc2ccccc2C(F)(F)F)=Nc2c1ccn2C1CCOCC1. The Morgan fingerprint density at radius 3 is 2.63 bits per heavy atom. The topological polar surface area (TPSA) is 43.6 Å². The van der Waals surface area contributed by atoms with Crippen LogP contribution < -0.4 is 0 Å². The number of alkyl halides is 3. The molecule has 0 atom stereocenters. The summed E-state index contributed by atoms with van der Waals surface area (Å²) in [6.45, 7) is 1.31. The highest BCUT2D eigenvalue weighted by Gasteiger charge is 2.34. The third-order valence-corrected chi connectivity index (χ3v) is 5.12. The van der Waals surface area contributed by atoms with Crippen LogP contribution in [0.15, 0.2) is 41.5 Å². The molecule has 0 bridgehead atoms. The van der Waals surface area contributed by atoms with Crippen molar-refractivity contribution in [1.82, 2.24) is 4.57 Å². The van der Waals surface area contributed by atoms with Crippen LogP contribution in [0.25, 0.3) is 0 Å². The van der Waals surface area contributed by atoms with E-state index in [1.165, 1.54) is 12.1 Å². The third kappa shape index (κ3) is 3.56. The van der Waals surface area contributed by atoms with Crippen LogP contribution in [0.5, 0.6) is 0 Å². The van der Waals surface area contributed by atoms with Crippen molar-refractivity contribution >= 4 is 17.3 Å². The van der Waals surface area contributed by atoms with Gasteiger partial charge < -0.3 is 9.30 Å². The lowest BCUT2D eigenvalue weighted by Crippen LogP contribution is -2.21. The number of ketones is 1. The first-order valence-corrected chi connectivity index (χ1v) is 8.97. The van der Waals surface area contributed by atoms with Crippen LogP contribution in [0.1, 0.15) is 46.8 Å². The molecule has 27 heavy (non-hydrogen) atoms. The quantitative estimate of drug-likeness (QED) is 0.775. The standard InChI is InChI=1S/C20H19F3N2O2/c21-20(22,23)17-4-2-1-3-13(17)11-14-12-18(26)16-5-8-25(19(16)24-14)15-6-9-27-10-7-15/h1-5,8,15H,6-7,9-12H2. The van der Waals surface area contributed by atoms with E-state index in [9.17, 15) is 18.0 Å². The summed E-state index contributed by atoms with van der Waals surface area (Å²) in [5.74, 6) is 0.475. The summed E-state index contributed by atoms with van der Waals surface area (Å²) in [5, 5.41) is 0. The maximum absolute atomic E-state index is 13.3. The second-order valence-corrected chi connectivity index (χ2v) is 6.91. The zero-order valence-electron chi connectivity index (χ0n) is 14.6. The summed E-state index contributed by atoms with van der Waals surface area (Å²) in [7, 11) is 0. The lowest BCUT2D eigenvalue weighted by Gasteiger charge is -2.26. The molecule has 0 spiro atoms. The van der Waals surface area contributed by atoms with Crippen molar-refractivity contribution in [1.29, 1.82) is 0 Å².